The zero-order valence-electron chi connectivity index (χ0n) is 10.1. The predicted molar refractivity (Wildman–Crippen MR) is 79.9 cm³/mol. The van der Waals surface area contributed by atoms with Crippen molar-refractivity contribution in [3.63, 3.8) is 0 Å². The summed E-state index contributed by atoms with van der Waals surface area (Å²) in [6.07, 6.45) is 1.52. The number of aromatic nitrogens is 1. The van der Waals surface area contributed by atoms with Crippen molar-refractivity contribution in [1.82, 2.24) is 4.98 Å². The molecule has 0 unspecified atom stereocenters. The van der Waals surface area contributed by atoms with Gasteiger partial charge in [-0.1, -0.05) is 11.6 Å². The van der Waals surface area contributed by atoms with E-state index < -0.39 is 5.91 Å². The minimum atomic E-state index is -0.619. The summed E-state index contributed by atoms with van der Waals surface area (Å²) in [6, 6.07) is 7.66. The molecule has 0 fully saturated rings. The first-order valence-corrected chi connectivity index (χ1v) is 6.67. The van der Waals surface area contributed by atoms with Gasteiger partial charge in [-0.2, -0.15) is 0 Å². The fourth-order valence-electron chi connectivity index (χ4n) is 1.54. The average molecular weight is 355 g/mol. The Hall–Kier alpha value is -1.92. The highest BCUT2D eigenvalue weighted by molar-refractivity contribution is 9.10. The van der Waals surface area contributed by atoms with Gasteiger partial charge in [0.1, 0.15) is 4.60 Å². The number of carbonyl (C=O) groups is 2. The number of pyridine rings is 1. The lowest BCUT2D eigenvalue weighted by Crippen LogP contribution is -2.14. The second-order valence-corrected chi connectivity index (χ2v) is 5.10. The molecule has 0 radical (unpaired) electrons. The van der Waals surface area contributed by atoms with Crippen molar-refractivity contribution in [1.29, 1.82) is 0 Å². The third kappa shape index (κ3) is 3.34. The van der Waals surface area contributed by atoms with Gasteiger partial charge in [-0.3, -0.25) is 9.59 Å². The zero-order valence-corrected chi connectivity index (χ0v) is 12.4. The topological polar surface area (TPSA) is 85.1 Å². The van der Waals surface area contributed by atoms with Crippen molar-refractivity contribution in [3.8, 4) is 0 Å². The van der Waals surface area contributed by atoms with Gasteiger partial charge in [0.2, 0.25) is 5.91 Å². The number of hydrogen-bond acceptors (Lipinski definition) is 3. The van der Waals surface area contributed by atoms with E-state index in [1.165, 1.54) is 18.3 Å². The van der Waals surface area contributed by atoms with Crippen LogP contribution in [0.2, 0.25) is 5.02 Å². The fourth-order valence-corrected chi connectivity index (χ4v) is 2.18. The van der Waals surface area contributed by atoms with Gasteiger partial charge in [0.25, 0.3) is 5.91 Å². The van der Waals surface area contributed by atoms with Gasteiger partial charge in [-0.25, -0.2) is 4.98 Å². The second kappa shape index (κ2) is 6.02. The fraction of sp³-hybridized carbons (Fsp3) is 0. The number of halogens is 2. The molecular weight excluding hydrogens is 346 g/mol. The first-order valence-electron chi connectivity index (χ1n) is 5.49. The molecular formula is C13H9BrClN3O2. The van der Waals surface area contributed by atoms with Crippen LogP contribution >= 0.6 is 27.5 Å². The number of amides is 2. The van der Waals surface area contributed by atoms with Crippen molar-refractivity contribution in [2.45, 2.75) is 0 Å². The average Bonchev–Trinajstić information content (AvgIpc) is 2.38. The van der Waals surface area contributed by atoms with Crippen molar-refractivity contribution < 1.29 is 9.59 Å². The maximum absolute atomic E-state index is 12.0. The minimum absolute atomic E-state index is 0.186. The molecule has 1 heterocycles. The van der Waals surface area contributed by atoms with Crippen LogP contribution in [-0.4, -0.2) is 16.8 Å². The van der Waals surface area contributed by atoms with Crippen LogP contribution in [-0.2, 0) is 0 Å². The second-order valence-electron chi connectivity index (χ2n) is 3.88. The van der Waals surface area contributed by atoms with E-state index in [0.29, 0.717) is 15.9 Å². The molecule has 2 rings (SSSR count). The molecule has 102 valence electrons. The van der Waals surface area contributed by atoms with Crippen molar-refractivity contribution >= 4 is 45.0 Å². The van der Waals surface area contributed by atoms with E-state index in [9.17, 15) is 9.59 Å². The molecule has 1 aromatic heterocycles. The summed E-state index contributed by atoms with van der Waals surface area (Å²) >= 11 is 9.10. The van der Waals surface area contributed by atoms with Gasteiger partial charge >= 0.3 is 0 Å². The number of anilines is 1. The van der Waals surface area contributed by atoms with E-state index in [1.54, 1.807) is 18.2 Å². The van der Waals surface area contributed by atoms with Crippen LogP contribution in [0.25, 0.3) is 0 Å². The maximum Gasteiger partial charge on any atom is 0.255 e. The van der Waals surface area contributed by atoms with Crippen molar-refractivity contribution in [2.75, 3.05) is 5.32 Å². The van der Waals surface area contributed by atoms with E-state index in [-0.39, 0.29) is 16.5 Å². The SMILES string of the molecule is NC(=O)c1ccc(NC(=O)c2ccnc(Br)c2)cc1Cl. The molecule has 0 aliphatic rings. The number of nitrogens with one attached hydrogen (secondary N) is 1. The van der Waals surface area contributed by atoms with Gasteiger partial charge in [0, 0.05) is 17.4 Å². The van der Waals surface area contributed by atoms with Gasteiger partial charge in [-0.05, 0) is 46.3 Å². The highest BCUT2D eigenvalue weighted by Crippen LogP contribution is 2.21. The van der Waals surface area contributed by atoms with Crippen molar-refractivity contribution in [2.24, 2.45) is 5.73 Å². The summed E-state index contributed by atoms with van der Waals surface area (Å²) in [5.41, 5.74) is 6.27. The highest BCUT2D eigenvalue weighted by atomic mass is 79.9. The molecule has 0 spiro atoms. The van der Waals surface area contributed by atoms with Crippen LogP contribution in [0.3, 0.4) is 0 Å². The van der Waals surface area contributed by atoms with E-state index in [2.05, 4.69) is 26.2 Å². The Balaban J connectivity index is 2.20. The molecule has 7 heteroatoms. The first kappa shape index (κ1) is 14.5. The Labute approximate surface area is 128 Å². The molecule has 3 N–H and O–H groups in total. The van der Waals surface area contributed by atoms with Crippen LogP contribution in [0, 0.1) is 0 Å². The van der Waals surface area contributed by atoms with Crippen LogP contribution < -0.4 is 11.1 Å². The predicted octanol–water partition coefficient (Wildman–Crippen LogP) is 2.85. The number of primary amides is 1. The quantitative estimate of drug-likeness (QED) is 0.831. The Morgan fingerprint density at radius 2 is 2.00 bits per heavy atom. The van der Waals surface area contributed by atoms with Gasteiger partial charge in [0.15, 0.2) is 0 Å². The van der Waals surface area contributed by atoms with Crippen LogP contribution in [0.4, 0.5) is 5.69 Å². The van der Waals surface area contributed by atoms with Crippen molar-refractivity contribution in [3.05, 3.63) is 57.3 Å². The lowest BCUT2D eigenvalue weighted by molar-refractivity contribution is 0.0998. The summed E-state index contributed by atoms with van der Waals surface area (Å²) in [5.74, 6) is -0.929. The van der Waals surface area contributed by atoms with Crippen LogP contribution in [0.5, 0.6) is 0 Å². The smallest absolute Gasteiger partial charge is 0.255 e. The van der Waals surface area contributed by atoms with E-state index in [4.69, 9.17) is 17.3 Å². The highest BCUT2D eigenvalue weighted by Gasteiger charge is 2.10. The summed E-state index contributed by atoms with van der Waals surface area (Å²) in [5, 5.41) is 2.85. The summed E-state index contributed by atoms with van der Waals surface area (Å²) < 4.78 is 0.562. The Kier molecular flexibility index (Phi) is 4.36. The zero-order chi connectivity index (χ0) is 14.7. The Morgan fingerprint density at radius 3 is 2.60 bits per heavy atom. The minimum Gasteiger partial charge on any atom is -0.366 e. The molecule has 0 saturated heterocycles. The third-order valence-electron chi connectivity index (χ3n) is 2.48. The van der Waals surface area contributed by atoms with Gasteiger partial charge < -0.3 is 11.1 Å². The molecule has 0 aliphatic heterocycles. The first-order chi connectivity index (χ1) is 9.47. The number of rotatable bonds is 3. The maximum atomic E-state index is 12.0. The largest absolute Gasteiger partial charge is 0.366 e. The normalized spacial score (nSPS) is 10.1. The molecule has 0 bridgehead atoms. The summed E-state index contributed by atoms with van der Waals surface area (Å²) in [7, 11) is 0. The molecule has 0 aliphatic carbocycles. The number of carbonyl (C=O) groups excluding carboxylic acids is 2. The van der Waals surface area contributed by atoms with E-state index >= 15 is 0 Å². The summed E-state index contributed by atoms with van der Waals surface area (Å²) in [4.78, 5) is 27.0. The lowest BCUT2D eigenvalue weighted by atomic mass is 10.2. The molecule has 5 nitrogen and oxygen atoms in total. The number of benzene rings is 1. The molecule has 2 amide bonds. The van der Waals surface area contributed by atoms with Crippen LogP contribution in [0.1, 0.15) is 20.7 Å². The Bertz CT molecular complexity index is 691. The summed E-state index contributed by atoms with van der Waals surface area (Å²) in [6.45, 7) is 0. The molecule has 20 heavy (non-hydrogen) atoms. The van der Waals surface area contributed by atoms with Crippen LogP contribution in [0.15, 0.2) is 41.1 Å². The van der Waals surface area contributed by atoms with Gasteiger partial charge in [0.05, 0.1) is 10.6 Å². The third-order valence-corrected chi connectivity index (χ3v) is 3.23. The number of nitrogens with two attached hydrogens (primary N) is 1. The molecule has 0 atom stereocenters. The lowest BCUT2D eigenvalue weighted by Gasteiger charge is -2.07. The number of hydrogen-bond donors (Lipinski definition) is 2. The number of nitrogens with zero attached hydrogens (tertiary/aromatic N) is 1. The molecule has 1 aromatic carbocycles. The molecule has 0 saturated carbocycles. The van der Waals surface area contributed by atoms with E-state index in [0.717, 1.165) is 0 Å². The van der Waals surface area contributed by atoms with Gasteiger partial charge in [-0.15, -0.1) is 0 Å². The molecule has 2 aromatic rings. The Morgan fingerprint density at radius 1 is 1.25 bits per heavy atom. The monoisotopic (exact) mass is 353 g/mol. The van der Waals surface area contributed by atoms with E-state index in [1.807, 2.05) is 0 Å². The standard InChI is InChI=1S/C13H9BrClN3O2/c14-11-5-7(3-4-17-11)13(20)18-8-1-2-9(12(16)19)10(15)6-8/h1-6H,(H2,16,19)(H,18,20).